The summed E-state index contributed by atoms with van der Waals surface area (Å²) < 4.78 is 1.02. The van der Waals surface area contributed by atoms with E-state index in [2.05, 4.69) is 30.8 Å². The molecular formula is C11H14BrN3. The van der Waals surface area contributed by atoms with Crippen LogP contribution in [0.5, 0.6) is 0 Å². The lowest BCUT2D eigenvalue weighted by Gasteiger charge is -2.34. The van der Waals surface area contributed by atoms with Crippen LogP contribution in [0.1, 0.15) is 25.7 Å². The highest BCUT2D eigenvalue weighted by atomic mass is 79.9. The van der Waals surface area contributed by atoms with Crippen LogP contribution >= 0.6 is 15.9 Å². The van der Waals surface area contributed by atoms with E-state index in [1.807, 2.05) is 6.20 Å². The maximum atomic E-state index is 4.36. The Hall–Kier alpha value is -0.640. The van der Waals surface area contributed by atoms with E-state index in [4.69, 9.17) is 0 Å². The fourth-order valence-corrected chi connectivity index (χ4v) is 2.98. The Morgan fingerprint density at radius 3 is 2.93 bits per heavy atom. The van der Waals surface area contributed by atoms with Gasteiger partial charge in [-0.3, -0.25) is 0 Å². The minimum Gasteiger partial charge on any atom is -0.355 e. The zero-order valence-corrected chi connectivity index (χ0v) is 10.2. The average molecular weight is 268 g/mol. The molecule has 1 aromatic heterocycles. The van der Waals surface area contributed by atoms with Crippen molar-refractivity contribution in [2.45, 2.75) is 25.7 Å². The van der Waals surface area contributed by atoms with Crippen molar-refractivity contribution in [2.24, 2.45) is 5.41 Å². The topological polar surface area (TPSA) is 29.0 Å². The monoisotopic (exact) mass is 267 g/mol. The first-order valence-corrected chi connectivity index (χ1v) is 6.29. The van der Waals surface area contributed by atoms with Gasteiger partial charge in [-0.25, -0.2) is 9.97 Å². The van der Waals surface area contributed by atoms with Gasteiger partial charge in [-0.2, -0.15) is 0 Å². The summed E-state index contributed by atoms with van der Waals surface area (Å²) >= 11 is 3.52. The van der Waals surface area contributed by atoms with Gasteiger partial charge in [0.1, 0.15) is 12.1 Å². The highest BCUT2D eigenvalue weighted by molar-refractivity contribution is 9.10. The number of hydrogen-bond donors (Lipinski definition) is 0. The highest BCUT2D eigenvalue weighted by Crippen LogP contribution is 2.52. The van der Waals surface area contributed by atoms with Gasteiger partial charge in [-0.15, -0.1) is 0 Å². The predicted molar refractivity (Wildman–Crippen MR) is 62.8 cm³/mol. The van der Waals surface area contributed by atoms with Crippen LogP contribution in [0.4, 0.5) is 5.82 Å². The molecule has 0 bridgehead atoms. The number of rotatable bonds is 1. The molecular weight excluding hydrogens is 254 g/mol. The van der Waals surface area contributed by atoms with Crippen molar-refractivity contribution < 1.29 is 0 Å². The van der Waals surface area contributed by atoms with Crippen LogP contribution in [-0.2, 0) is 0 Å². The molecule has 0 radical (unpaired) electrons. The Morgan fingerprint density at radius 2 is 2.20 bits per heavy atom. The lowest BCUT2D eigenvalue weighted by molar-refractivity contribution is 0.393. The minimum absolute atomic E-state index is 0.642. The molecule has 2 heterocycles. The molecule has 1 saturated carbocycles. The second-order valence-electron chi connectivity index (χ2n) is 4.72. The lowest BCUT2D eigenvalue weighted by Crippen LogP contribution is -2.37. The predicted octanol–water partition coefficient (Wildman–Crippen LogP) is 2.62. The van der Waals surface area contributed by atoms with Crippen LogP contribution in [0.2, 0.25) is 0 Å². The third-order valence-corrected chi connectivity index (χ3v) is 4.13. The van der Waals surface area contributed by atoms with Crippen molar-refractivity contribution in [3.63, 3.8) is 0 Å². The quantitative estimate of drug-likeness (QED) is 0.784. The van der Waals surface area contributed by atoms with Crippen LogP contribution in [0.25, 0.3) is 0 Å². The number of piperidine rings is 1. The van der Waals surface area contributed by atoms with Gasteiger partial charge in [0.15, 0.2) is 0 Å². The number of anilines is 1. The van der Waals surface area contributed by atoms with Crippen molar-refractivity contribution in [3.8, 4) is 0 Å². The van der Waals surface area contributed by atoms with Crippen LogP contribution < -0.4 is 4.90 Å². The molecule has 1 spiro atoms. The molecule has 0 aromatic carbocycles. The minimum atomic E-state index is 0.642. The lowest BCUT2D eigenvalue weighted by atomic mass is 9.95. The second-order valence-corrected chi connectivity index (χ2v) is 5.57. The van der Waals surface area contributed by atoms with E-state index in [9.17, 15) is 0 Å². The summed E-state index contributed by atoms with van der Waals surface area (Å²) in [7, 11) is 0. The second kappa shape index (κ2) is 3.44. The molecule has 80 valence electrons. The van der Waals surface area contributed by atoms with Crippen molar-refractivity contribution in [2.75, 3.05) is 18.0 Å². The summed E-state index contributed by atoms with van der Waals surface area (Å²) in [5.74, 6) is 1.07. The third-order valence-electron chi connectivity index (χ3n) is 3.57. The van der Waals surface area contributed by atoms with E-state index in [1.165, 1.54) is 32.2 Å². The largest absolute Gasteiger partial charge is 0.355 e. The van der Waals surface area contributed by atoms with Gasteiger partial charge in [-0.05, 0) is 47.0 Å². The molecule has 3 rings (SSSR count). The van der Waals surface area contributed by atoms with Gasteiger partial charge in [0.05, 0.1) is 4.47 Å². The molecule has 0 amide bonds. The Bertz CT molecular complexity index is 376. The number of aromatic nitrogens is 2. The Morgan fingerprint density at radius 1 is 1.33 bits per heavy atom. The fraction of sp³-hybridized carbons (Fsp3) is 0.636. The summed E-state index contributed by atoms with van der Waals surface area (Å²) in [6.07, 6.45) is 8.99. The molecule has 0 unspecified atom stereocenters. The SMILES string of the molecule is Brc1cncnc1N1CCCC2(CC2)C1. The molecule has 0 atom stereocenters. The van der Waals surface area contributed by atoms with Gasteiger partial charge in [0, 0.05) is 19.3 Å². The van der Waals surface area contributed by atoms with Crippen LogP contribution in [0.3, 0.4) is 0 Å². The smallest absolute Gasteiger partial charge is 0.146 e. The average Bonchev–Trinajstić information content (AvgIpc) is 2.98. The Labute approximate surface area is 98.0 Å². The molecule has 15 heavy (non-hydrogen) atoms. The summed E-state index contributed by atoms with van der Waals surface area (Å²) in [6.45, 7) is 2.32. The summed E-state index contributed by atoms with van der Waals surface area (Å²) in [6, 6.07) is 0. The first-order chi connectivity index (χ1) is 7.29. The van der Waals surface area contributed by atoms with E-state index in [1.54, 1.807) is 6.33 Å². The van der Waals surface area contributed by atoms with E-state index in [0.29, 0.717) is 5.41 Å². The van der Waals surface area contributed by atoms with E-state index < -0.39 is 0 Å². The van der Waals surface area contributed by atoms with Crippen LogP contribution in [0.15, 0.2) is 17.0 Å². The molecule has 4 heteroatoms. The molecule has 1 saturated heterocycles. The molecule has 1 aliphatic heterocycles. The maximum absolute atomic E-state index is 4.36. The highest BCUT2D eigenvalue weighted by Gasteiger charge is 2.45. The Balaban J connectivity index is 1.84. The van der Waals surface area contributed by atoms with Crippen molar-refractivity contribution in [1.29, 1.82) is 0 Å². The molecule has 1 aliphatic carbocycles. The summed E-state index contributed by atoms with van der Waals surface area (Å²) in [4.78, 5) is 10.8. The van der Waals surface area contributed by atoms with Crippen LogP contribution in [0, 0.1) is 5.41 Å². The zero-order valence-electron chi connectivity index (χ0n) is 8.62. The molecule has 1 aromatic rings. The fourth-order valence-electron chi connectivity index (χ4n) is 2.51. The Kier molecular flexibility index (Phi) is 2.20. The van der Waals surface area contributed by atoms with Gasteiger partial charge in [0.2, 0.25) is 0 Å². The van der Waals surface area contributed by atoms with Crippen LogP contribution in [-0.4, -0.2) is 23.1 Å². The van der Waals surface area contributed by atoms with Gasteiger partial charge in [-0.1, -0.05) is 0 Å². The van der Waals surface area contributed by atoms with Gasteiger partial charge < -0.3 is 4.90 Å². The summed E-state index contributed by atoms with van der Waals surface area (Å²) in [5.41, 5.74) is 0.642. The standard InChI is InChI=1S/C11H14BrN3/c12-9-6-13-8-14-10(9)15-5-1-2-11(7-15)3-4-11/h6,8H,1-5,7H2. The van der Waals surface area contributed by atoms with E-state index >= 15 is 0 Å². The number of halogens is 1. The van der Waals surface area contributed by atoms with E-state index in [-0.39, 0.29) is 0 Å². The van der Waals surface area contributed by atoms with Gasteiger partial charge in [0.25, 0.3) is 0 Å². The molecule has 2 fully saturated rings. The molecule has 2 aliphatic rings. The first-order valence-electron chi connectivity index (χ1n) is 5.50. The first kappa shape index (κ1) is 9.58. The maximum Gasteiger partial charge on any atom is 0.146 e. The zero-order chi connectivity index (χ0) is 10.3. The van der Waals surface area contributed by atoms with Gasteiger partial charge >= 0.3 is 0 Å². The normalized spacial score (nSPS) is 23.1. The van der Waals surface area contributed by atoms with Crippen molar-refractivity contribution in [1.82, 2.24) is 9.97 Å². The summed E-state index contributed by atoms with van der Waals surface area (Å²) in [5, 5.41) is 0. The van der Waals surface area contributed by atoms with E-state index in [0.717, 1.165) is 16.8 Å². The number of hydrogen-bond acceptors (Lipinski definition) is 3. The number of nitrogens with zero attached hydrogens (tertiary/aromatic N) is 3. The third kappa shape index (κ3) is 1.75. The van der Waals surface area contributed by atoms with Crippen molar-refractivity contribution >= 4 is 21.7 Å². The van der Waals surface area contributed by atoms with Crippen molar-refractivity contribution in [3.05, 3.63) is 17.0 Å². The molecule has 3 nitrogen and oxygen atoms in total. The molecule has 0 N–H and O–H groups in total.